The van der Waals surface area contributed by atoms with Gasteiger partial charge < -0.3 is 20.3 Å². The van der Waals surface area contributed by atoms with Crippen molar-refractivity contribution in [1.29, 1.82) is 0 Å². The van der Waals surface area contributed by atoms with E-state index in [9.17, 15) is 14.4 Å². The molecular formula is C31H53N3O4. The van der Waals surface area contributed by atoms with Crippen LogP contribution in [0.2, 0.25) is 0 Å². The molecule has 2 atom stereocenters. The maximum Gasteiger partial charge on any atom is 0.408 e. The largest absolute Gasteiger partial charge is 0.444 e. The van der Waals surface area contributed by atoms with E-state index < -0.39 is 23.8 Å². The molecule has 0 aromatic heterocycles. The van der Waals surface area contributed by atoms with Crippen molar-refractivity contribution in [2.45, 2.75) is 124 Å². The second-order valence-electron chi connectivity index (χ2n) is 11.5. The van der Waals surface area contributed by atoms with Crippen molar-refractivity contribution in [2.24, 2.45) is 5.92 Å². The second-order valence-corrected chi connectivity index (χ2v) is 11.5. The smallest absolute Gasteiger partial charge is 0.408 e. The summed E-state index contributed by atoms with van der Waals surface area (Å²) in [7, 11) is 0. The van der Waals surface area contributed by atoms with Crippen LogP contribution in [0.15, 0.2) is 30.3 Å². The maximum atomic E-state index is 14.1. The molecule has 7 nitrogen and oxygen atoms in total. The van der Waals surface area contributed by atoms with Gasteiger partial charge >= 0.3 is 6.09 Å². The lowest BCUT2D eigenvalue weighted by Gasteiger charge is -2.35. The van der Waals surface area contributed by atoms with Crippen LogP contribution in [-0.2, 0) is 14.3 Å². The topological polar surface area (TPSA) is 87.7 Å². The third-order valence-corrected chi connectivity index (χ3v) is 6.40. The van der Waals surface area contributed by atoms with Crippen molar-refractivity contribution in [3.8, 4) is 0 Å². The molecule has 1 rings (SSSR count). The third kappa shape index (κ3) is 12.8. The lowest BCUT2D eigenvalue weighted by Crippen LogP contribution is -2.55. The highest BCUT2D eigenvalue weighted by atomic mass is 16.6. The van der Waals surface area contributed by atoms with Crippen molar-refractivity contribution in [2.75, 3.05) is 13.1 Å². The van der Waals surface area contributed by atoms with Crippen LogP contribution in [0.4, 0.5) is 4.79 Å². The number of benzene rings is 1. The summed E-state index contributed by atoms with van der Waals surface area (Å²) >= 11 is 0. The molecule has 0 aliphatic carbocycles. The van der Waals surface area contributed by atoms with Crippen molar-refractivity contribution >= 4 is 17.9 Å². The predicted octanol–water partition coefficient (Wildman–Crippen LogP) is 6.77. The fourth-order valence-electron chi connectivity index (χ4n) is 4.35. The van der Waals surface area contributed by atoms with Crippen LogP contribution in [0, 0.1) is 5.92 Å². The zero-order valence-electron chi connectivity index (χ0n) is 25.0. The van der Waals surface area contributed by atoms with Crippen LogP contribution in [0.3, 0.4) is 0 Å². The van der Waals surface area contributed by atoms with Crippen molar-refractivity contribution in [3.63, 3.8) is 0 Å². The van der Waals surface area contributed by atoms with Crippen LogP contribution < -0.4 is 10.6 Å². The molecule has 0 saturated carbocycles. The third-order valence-electron chi connectivity index (χ3n) is 6.40. The van der Waals surface area contributed by atoms with Crippen molar-refractivity contribution < 1.29 is 19.1 Å². The summed E-state index contributed by atoms with van der Waals surface area (Å²) in [5, 5.41) is 5.86. The van der Waals surface area contributed by atoms with Gasteiger partial charge in [-0.3, -0.25) is 9.59 Å². The summed E-state index contributed by atoms with van der Waals surface area (Å²) in [6.07, 6.45) is 8.76. The average molecular weight is 532 g/mol. The number of unbranched alkanes of at least 4 members (excludes halogenated alkanes) is 7. The van der Waals surface area contributed by atoms with Crippen LogP contribution in [0.1, 0.15) is 118 Å². The molecule has 2 unspecified atom stereocenters. The predicted molar refractivity (Wildman–Crippen MR) is 155 cm³/mol. The lowest BCUT2D eigenvalue weighted by molar-refractivity contribution is -0.143. The van der Waals surface area contributed by atoms with Crippen molar-refractivity contribution in [3.05, 3.63) is 35.9 Å². The Balaban J connectivity index is 3.28. The highest BCUT2D eigenvalue weighted by Crippen LogP contribution is 2.25. The van der Waals surface area contributed by atoms with E-state index in [1.54, 1.807) is 25.7 Å². The monoisotopic (exact) mass is 531 g/mol. The number of amides is 3. The van der Waals surface area contributed by atoms with E-state index in [0.29, 0.717) is 13.1 Å². The SMILES string of the molecule is CCCCCCCCN(C(=O)C(NC(=O)OC(C)(C)C)C(C)C)C(C(=O)NCCCCC)c1ccccc1. The minimum atomic E-state index is -0.816. The molecule has 0 heterocycles. The van der Waals surface area contributed by atoms with Crippen molar-refractivity contribution in [1.82, 2.24) is 15.5 Å². The minimum Gasteiger partial charge on any atom is -0.444 e. The molecule has 1 aromatic carbocycles. The van der Waals surface area contributed by atoms with E-state index in [4.69, 9.17) is 4.74 Å². The Hall–Kier alpha value is -2.57. The zero-order valence-corrected chi connectivity index (χ0v) is 25.0. The Bertz CT molecular complexity index is 820. The number of nitrogens with zero attached hydrogens (tertiary/aromatic N) is 1. The van der Waals surface area contributed by atoms with E-state index in [1.165, 1.54) is 19.3 Å². The lowest BCUT2D eigenvalue weighted by atomic mass is 9.98. The van der Waals surface area contributed by atoms with E-state index in [-0.39, 0.29) is 17.7 Å². The molecule has 0 aliphatic rings. The molecule has 3 amide bonds. The van der Waals surface area contributed by atoms with Crippen LogP contribution in [0.5, 0.6) is 0 Å². The average Bonchev–Trinajstić information content (AvgIpc) is 2.85. The van der Waals surface area contributed by atoms with Gasteiger partial charge in [0.15, 0.2) is 0 Å². The summed E-state index contributed by atoms with van der Waals surface area (Å²) in [6, 6.07) is 7.87. The standard InChI is InChI=1S/C31H53N3O4/c1-8-10-12-13-14-19-23-34(29(36)26(24(3)4)33-30(37)38-31(5,6)7)27(25-20-16-15-17-21-25)28(35)32-22-18-11-9-2/h15-17,20-21,24,26-27H,8-14,18-19,22-23H2,1-7H3,(H,32,35)(H,33,37). The molecule has 0 radical (unpaired) electrons. The van der Waals surface area contributed by atoms with Gasteiger partial charge in [-0.05, 0) is 45.1 Å². The Labute approximate surface area is 231 Å². The zero-order chi connectivity index (χ0) is 28.6. The summed E-state index contributed by atoms with van der Waals surface area (Å²) < 4.78 is 5.45. The molecule has 38 heavy (non-hydrogen) atoms. The fourth-order valence-corrected chi connectivity index (χ4v) is 4.35. The molecule has 0 saturated heterocycles. The molecular weight excluding hydrogens is 478 g/mol. The van der Waals surface area contributed by atoms with Gasteiger partial charge in [0.25, 0.3) is 0 Å². The Kier molecular flexibility index (Phi) is 15.7. The summed E-state index contributed by atoms with van der Waals surface area (Å²) in [5.41, 5.74) is 0.0808. The van der Waals surface area contributed by atoms with E-state index in [1.807, 2.05) is 44.2 Å². The van der Waals surface area contributed by atoms with E-state index >= 15 is 0 Å². The van der Waals surface area contributed by atoms with Gasteiger partial charge in [0.2, 0.25) is 11.8 Å². The van der Waals surface area contributed by atoms with Gasteiger partial charge in [-0.2, -0.15) is 0 Å². The Morgan fingerprint density at radius 1 is 0.868 bits per heavy atom. The minimum absolute atomic E-state index is 0.189. The first-order valence-electron chi connectivity index (χ1n) is 14.6. The first-order valence-corrected chi connectivity index (χ1v) is 14.6. The fraction of sp³-hybridized carbons (Fsp3) is 0.710. The number of rotatable bonds is 17. The summed E-state index contributed by atoms with van der Waals surface area (Å²) in [5.74, 6) is -0.644. The molecule has 216 valence electrons. The number of alkyl carbamates (subject to hydrolysis) is 1. The van der Waals surface area contributed by atoms with Gasteiger partial charge in [-0.15, -0.1) is 0 Å². The number of hydrogen-bond acceptors (Lipinski definition) is 4. The number of carbonyl (C=O) groups is 3. The Morgan fingerprint density at radius 2 is 1.45 bits per heavy atom. The Morgan fingerprint density at radius 3 is 2.03 bits per heavy atom. The number of carbonyl (C=O) groups excluding carboxylic acids is 3. The van der Waals surface area contributed by atoms with Crippen LogP contribution in [-0.4, -0.2) is 47.5 Å². The van der Waals surface area contributed by atoms with Gasteiger partial charge in [-0.1, -0.05) is 103 Å². The summed E-state index contributed by atoms with van der Waals surface area (Å²) in [6.45, 7) is 14.5. The quantitative estimate of drug-likeness (QED) is 0.217. The number of ether oxygens (including phenoxy) is 1. The highest BCUT2D eigenvalue weighted by Gasteiger charge is 2.37. The molecule has 0 spiro atoms. The second kappa shape index (κ2) is 17.8. The molecule has 7 heteroatoms. The highest BCUT2D eigenvalue weighted by molar-refractivity contribution is 5.92. The van der Waals surface area contributed by atoms with Gasteiger partial charge in [0, 0.05) is 13.1 Å². The normalized spacial score (nSPS) is 13.1. The first-order chi connectivity index (χ1) is 18.0. The van der Waals surface area contributed by atoms with Gasteiger partial charge in [0.05, 0.1) is 0 Å². The molecule has 0 fully saturated rings. The first kappa shape index (κ1) is 33.5. The van der Waals surface area contributed by atoms with Gasteiger partial charge in [0.1, 0.15) is 17.7 Å². The molecule has 2 N–H and O–H groups in total. The number of hydrogen-bond donors (Lipinski definition) is 2. The van der Waals surface area contributed by atoms with Crippen LogP contribution >= 0.6 is 0 Å². The summed E-state index contributed by atoms with van der Waals surface area (Å²) in [4.78, 5) is 42.1. The maximum absolute atomic E-state index is 14.1. The van der Waals surface area contributed by atoms with E-state index in [2.05, 4.69) is 24.5 Å². The molecule has 0 bridgehead atoms. The molecule has 0 aliphatic heterocycles. The number of nitrogens with one attached hydrogen (secondary N) is 2. The van der Waals surface area contributed by atoms with E-state index in [0.717, 1.165) is 44.1 Å². The van der Waals surface area contributed by atoms with Crippen LogP contribution in [0.25, 0.3) is 0 Å². The molecule has 1 aromatic rings. The van der Waals surface area contributed by atoms with Gasteiger partial charge in [-0.25, -0.2) is 4.79 Å².